The number of alkyl halides is 3. The summed E-state index contributed by atoms with van der Waals surface area (Å²) in [5, 5.41) is 0.106. The molecule has 2 aromatic rings. The molecule has 0 amide bonds. The molecule has 110 valence electrons. The van der Waals surface area contributed by atoms with Crippen molar-refractivity contribution in [2.75, 3.05) is 5.73 Å². The van der Waals surface area contributed by atoms with Gasteiger partial charge in [-0.1, -0.05) is 29.3 Å². The second-order valence-electron chi connectivity index (χ2n) is 4.23. The van der Waals surface area contributed by atoms with Crippen molar-refractivity contribution < 1.29 is 18.0 Å². The number of nitrogens with two attached hydrogens (primary N) is 1. The smallest absolute Gasteiger partial charge is 0.398 e. The summed E-state index contributed by atoms with van der Waals surface area (Å²) in [4.78, 5) is 12.3. The lowest BCUT2D eigenvalue weighted by Crippen LogP contribution is -2.11. The summed E-state index contributed by atoms with van der Waals surface area (Å²) in [5.74, 6) is -0.717. The SMILES string of the molecule is Nc1ccc(C(F)(F)F)cc1C(=O)c1cccc(Cl)c1Cl. The van der Waals surface area contributed by atoms with E-state index < -0.39 is 17.5 Å². The number of anilines is 1. The Hall–Kier alpha value is -1.72. The first kappa shape index (κ1) is 15.7. The van der Waals surface area contributed by atoms with Gasteiger partial charge in [0.25, 0.3) is 0 Å². The van der Waals surface area contributed by atoms with Gasteiger partial charge >= 0.3 is 6.18 Å². The van der Waals surface area contributed by atoms with Gasteiger partial charge in [0.2, 0.25) is 0 Å². The second-order valence-corrected chi connectivity index (χ2v) is 5.02. The van der Waals surface area contributed by atoms with E-state index in [0.29, 0.717) is 6.07 Å². The van der Waals surface area contributed by atoms with Gasteiger partial charge in [-0.2, -0.15) is 13.2 Å². The van der Waals surface area contributed by atoms with Gasteiger partial charge in [-0.3, -0.25) is 4.79 Å². The maximum absolute atomic E-state index is 12.7. The molecule has 2 rings (SSSR count). The Morgan fingerprint density at radius 2 is 1.71 bits per heavy atom. The van der Waals surface area contributed by atoms with Gasteiger partial charge in [0, 0.05) is 16.8 Å². The molecule has 0 radical (unpaired) electrons. The molecule has 21 heavy (non-hydrogen) atoms. The van der Waals surface area contributed by atoms with E-state index in [0.717, 1.165) is 12.1 Å². The molecular weight excluding hydrogens is 326 g/mol. The number of carbonyl (C=O) groups is 1. The first-order valence-electron chi connectivity index (χ1n) is 5.67. The standard InChI is InChI=1S/C14H8Cl2F3NO/c15-10-3-1-2-8(12(10)16)13(21)9-6-7(14(17,18)19)4-5-11(9)20/h1-6H,20H2. The lowest BCUT2D eigenvalue weighted by molar-refractivity contribution is -0.137. The van der Waals surface area contributed by atoms with E-state index in [9.17, 15) is 18.0 Å². The van der Waals surface area contributed by atoms with Crippen molar-refractivity contribution >= 4 is 34.7 Å². The molecule has 0 bridgehead atoms. The molecule has 0 saturated heterocycles. The largest absolute Gasteiger partial charge is 0.416 e. The third-order valence-electron chi connectivity index (χ3n) is 2.82. The highest BCUT2D eigenvalue weighted by atomic mass is 35.5. The van der Waals surface area contributed by atoms with Gasteiger partial charge in [0.05, 0.1) is 15.6 Å². The Balaban J connectivity index is 2.56. The summed E-state index contributed by atoms with van der Waals surface area (Å²) >= 11 is 11.7. The normalized spacial score (nSPS) is 11.5. The molecule has 2 aromatic carbocycles. The van der Waals surface area contributed by atoms with Gasteiger partial charge in [-0.25, -0.2) is 0 Å². The van der Waals surface area contributed by atoms with Crippen LogP contribution in [0.25, 0.3) is 0 Å². The highest BCUT2D eigenvalue weighted by Crippen LogP contribution is 2.33. The number of ketones is 1. The molecule has 0 aromatic heterocycles. The van der Waals surface area contributed by atoms with Crippen LogP contribution in [0.15, 0.2) is 36.4 Å². The fourth-order valence-corrected chi connectivity index (χ4v) is 2.14. The highest BCUT2D eigenvalue weighted by molar-refractivity contribution is 6.44. The molecule has 0 saturated carbocycles. The Bertz CT molecular complexity index is 714. The van der Waals surface area contributed by atoms with Crippen molar-refractivity contribution in [2.45, 2.75) is 6.18 Å². The molecule has 0 spiro atoms. The van der Waals surface area contributed by atoms with Gasteiger partial charge in [-0.05, 0) is 30.3 Å². The first-order valence-corrected chi connectivity index (χ1v) is 6.43. The van der Waals surface area contributed by atoms with Crippen molar-refractivity contribution in [3.8, 4) is 0 Å². The molecule has 7 heteroatoms. The van der Waals surface area contributed by atoms with E-state index in [2.05, 4.69) is 0 Å². The molecular formula is C14H8Cl2F3NO. The molecule has 0 aliphatic carbocycles. The summed E-state index contributed by atoms with van der Waals surface area (Å²) in [6.45, 7) is 0. The average molecular weight is 334 g/mol. The van der Waals surface area contributed by atoms with Gasteiger partial charge in [0.1, 0.15) is 0 Å². The zero-order valence-electron chi connectivity index (χ0n) is 10.3. The lowest BCUT2D eigenvalue weighted by atomic mass is 9.99. The predicted octanol–water partition coefficient (Wildman–Crippen LogP) is 4.83. The molecule has 0 aliphatic heterocycles. The first-order chi connectivity index (χ1) is 9.71. The maximum Gasteiger partial charge on any atom is 0.416 e. The Morgan fingerprint density at radius 3 is 2.33 bits per heavy atom. The number of halogens is 5. The Labute approximate surface area is 128 Å². The van der Waals surface area contributed by atoms with Crippen LogP contribution in [-0.4, -0.2) is 5.78 Å². The molecule has 0 unspecified atom stereocenters. The van der Waals surface area contributed by atoms with Crippen LogP contribution in [0.2, 0.25) is 10.0 Å². The minimum atomic E-state index is -4.57. The van der Waals surface area contributed by atoms with Crippen molar-refractivity contribution in [1.82, 2.24) is 0 Å². The number of carbonyl (C=O) groups excluding carboxylic acids is 1. The summed E-state index contributed by atoms with van der Waals surface area (Å²) in [5.41, 5.74) is 4.30. The number of benzene rings is 2. The van der Waals surface area contributed by atoms with E-state index in [1.54, 1.807) is 0 Å². The quantitative estimate of drug-likeness (QED) is 0.632. The Kier molecular flexibility index (Phi) is 4.16. The molecule has 0 aliphatic rings. The van der Waals surface area contributed by atoms with Crippen molar-refractivity contribution in [3.63, 3.8) is 0 Å². The summed E-state index contributed by atoms with van der Waals surface area (Å²) in [7, 11) is 0. The minimum Gasteiger partial charge on any atom is -0.398 e. The van der Waals surface area contributed by atoms with Gasteiger partial charge < -0.3 is 5.73 Å². The predicted molar refractivity (Wildman–Crippen MR) is 75.8 cm³/mol. The summed E-state index contributed by atoms with van der Waals surface area (Å²) in [6.07, 6.45) is -4.57. The number of hydrogen-bond acceptors (Lipinski definition) is 2. The molecule has 0 atom stereocenters. The summed E-state index contributed by atoms with van der Waals surface area (Å²) in [6, 6.07) is 6.87. The average Bonchev–Trinajstić information content (AvgIpc) is 2.40. The van der Waals surface area contributed by atoms with Crippen molar-refractivity contribution in [1.29, 1.82) is 0 Å². The van der Waals surface area contributed by atoms with Crippen LogP contribution in [0, 0.1) is 0 Å². The van der Waals surface area contributed by atoms with Crippen LogP contribution in [0.1, 0.15) is 21.5 Å². The number of rotatable bonds is 2. The monoisotopic (exact) mass is 333 g/mol. The zero-order chi connectivity index (χ0) is 15.8. The van der Waals surface area contributed by atoms with E-state index >= 15 is 0 Å². The molecule has 0 fully saturated rings. The van der Waals surface area contributed by atoms with Gasteiger partial charge in [-0.15, -0.1) is 0 Å². The van der Waals surface area contributed by atoms with Crippen LogP contribution in [0.5, 0.6) is 0 Å². The van der Waals surface area contributed by atoms with E-state index in [4.69, 9.17) is 28.9 Å². The topological polar surface area (TPSA) is 43.1 Å². The fourth-order valence-electron chi connectivity index (χ4n) is 1.75. The van der Waals surface area contributed by atoms with Crippen LogP contribution < -0.4 is 5.73 Å². The third-order valence-corrected chi connectivity index (χ3v) is 3.64. The minimum absolute atomic E-state index is 0.00445. The third kappa shape index (κ3) is 3.14. The van der Waals surface area contributed by atoms with E-state index in [-0.39, 0.29) is 26.9 Å². The number of nitrogen functional groups attached to an aromatic ring is 1. The highest BCUT2D eigenvalue weighted by Gasteiger charge is 2.32. The van der Waals surface area contributed by atoms with Crippen molar-refractivity contribution in [2.24, 2.45) is 0 Å². The van der Waals surface area contributed by atoms with E-state index in [1.807, 2.05) is 0 Å². The fraction of sp³-hybridized carbons (Fsp3) is 0.0714. The van der Waals surface area contributed by atoms with E-state index in [1.165, 1.54) is 18.2 Å². The zero-order valence-corrected chi connectivity index (χ0v) is 11.9. The van der Waals surface area contributed by atoms with Crippen LogP contribution >= 0.6 is 23.2 Å². The van der Waals surface area contributed by atoms with Crippen molar-refractivity contribution in [3.05, 3.63) is 63.1 Å². The van der Waals surface area contributed by atoms with Crippen LogP contribution in [0.4, 0.5) is 18.9 Å². The lowest BCUT2D eigenvalue weighted by Gasteiger charge is -2.11. The summed E-state index contributed by atoms with van der Waals surface area (Å²) < 4.78 is 38.1. The maximum atomic E-state index is 12.7. The molecule has 2 N–H and O–H groups in total. The Morgan fingerprint density at radius 1 is 1.05 bits per heavy atom. The number of hydrogen-bond donors (Lipinski definition) is 1. The van der Waals surface area contributed by atoms with Crippen LogP contribution in [0.3, 0.4) is 0 Å². The molecule has 0 heterocycles. The van der Waals surface area contributed by atoms with Gasteiger partial charge in [0.15, 0.2) is 5.78 Å². The molecule has 2 nitrogen and oxygen atoms in total. The van der Waals surface area contributed by atoms with Crippen LogP contribution in [-0.2, 0) is 6.18 Å². The second kappa shape index (κ2) is 5.58.